The van der Waals surface area contributed by atoms with Crippen molar-refractivity contribution in [3.8, 4) is 0 Å². The summed E-state index contributed by atoms with van der Waals surface area (Å²) in [5.74, 6) is 0.125. The van der Waals surface area contributed by atoms with Crippen molar-refractivity contribution in [2.75, 3.05) is 32.8 Å². The van der Waals surface area contributed by atoms with Gasteiger partial charge in [0, 0.05) is 38.2 Å². The number of nitrogens with one attached hydrogen (secondary N) is 1. The summed E-state index contributed by atoms with van der Waals surface area (Å²) in [5.41, 5.74) is -1.72. The second-order valence-electron chi connectivity index (χ2n) is 15.1. The molecule has 5 aliphatic heterocycles. The topological polar surface area (TPSA) is 83.6 Å². The first-order valence-electron chi connectivity index (χ1n) is 16.5. The molecule has 5 heterocycles. The van der Waals surface area contributed by atoms with Gasteiger partial charge in [-0.05, 0) is 119 Å². The molecule has 0 aromatic carbocycles. The summed E-state index contributed by atoms with van der Waals surface area (Å²) in [6.07, 6.45) is 11.4. The SMILES string of the molecule is CC(C)(C)OC(=O)N1CCCCC1C1(C2CCOC2C2CCCN2C2CCCCN2)CCCN1C(=O)OC(C)(C)C. The lowest BCUT2D eigenvalue weighted by atomic mass is 9.68. The summed E-state index contributed by atoms with van der Waals surface area (Å²) in [4.78, 5) is 34.5. The number of nitrogens with zero attached hydrogens (tertiary/aromatic N) is 3. The zero-order valence-corrected chi connectivity index (χ0v) is 26.6. The van der Waals surface area contributed by atoms with E-state index in [4.69, 9.17) is 14.2 Å². The molecule has 1 N–H and O–H groups in total. The van der Waals surface area contributed by atoms with Crippen LogP contribution in [0.4, 0.5) is 9.59 Å². The third-order valence-electron chi connectivity index (χ3n) is 9.97. The number of rotatable bonds is 4. The zero-order chi connectivity index (χ0) is 29.4. The molecule has 2 amide bonds. The Morgan fingerprint density at radius 2 is 1.54 bits per heavy atom. The molecule has 6 unspecified atom stereocenters. The largest absolute Gasteiger partial charge is 0.444 e. The van der Waals surface area contributed by atoms with Gasteiger partial charge in [0.15, 0.2) is 0 Å². The number of likely N-dealkylation sites (tertiary alicyclic amines) is 3. The maximum absolute atomic E-state index is 14.0. The molecule has 0 spiro atoms. The standard InChI is InChI=1S/C32H56N4O5/c1-30(2,3)40-28(37)35-19-10-8-14-25(35)32(17-12-21-36(32)29(38)41-31(4,5)6)23-16-22-39-27(23)24-13-11-20-34(24)26-15-7-9-18-33-26/h23-27,33H,7-22H2,1-6H3. The summed E-state index contributed by atoms with van der Waals surface area (Å²) < 4.78 is 18.8. The summed E-state index contributed by atoms with van der Waals surface area (Å²) >= 11 is 0. The molecule has 5 saturated heterocycles. The summed E-state index contributed by atoms with van der Waals surface area (Å²) in [5, 5.41) is 3.78. The Kier molecular flexibility index (Phi) is 9.18. The maximum atomic E-state index is 14.0. The lowest BCUT2D eigenvalue weighted by Crippen LogP contribution is -2.69. The number of carbonyl (C=O) groups excluding carboxylic acids is 2. The molecule has 41 heavy (non-hydrogen) atoms. The highest BCUT2D eigenvalue weighted by molar-refractivity contribution is 5.72. The molecule has 0 aromatic rings. The third kappa shape index (κ3) is 6.52. The normalized spacial score (nSPS) is 35.6. The Labute approximate surface area is 248 Å². The van der Waals surface area contributed by atoms with Gasteiger partial charge in [0.1, 0.15) is 11.2 Å². The van der Waals surface area contributed by atoms with E-state index in [1.165, 1.54) is 25.7 Å². The van der Waals surface area contributed by atoms with E-state index in [2.05, 4.69) is 10.2 Å². The van der Waals surface area contributed by atoms with Crippen LogP contribution in [0.15, 0.2) is 0 Å². The minimum absolute atomic E-state index is 0.0201. The van der Waals surface area contributed by atoms with Crippen LogP contribution in [0.3, 0.4) is 0 Å². The van der Waals surface area contributed by atoms with Crippen LogP contribution in [-0.2, 0) is 14.2 Å². The van der Waals surface area contributed by atoms with Gasteiger partial charge in [0.2, 0.25) is 0 Å². The molecule has 0 aromatic heterocycles. The predicted molar refractivity (Wildman–Crippen MR) is 159 cm³/mol. The second-order valence-corrected chi connectivity index (χ2v) is 15.1. The minimum atomic E-state index is -0.594. The van der Waals surface area contributed by atoms with Crippen molar-refractivity contribution in [1.29, 1.82) is 0 Å². The fraction of sp³-hybridized carbons (Fsp3) is 0.938. The van der Waals surface area contributed by atoms with E-state index in [-0.39, 0.29) is 30.3 Å². The Hall–Kier alpha value is -1.58. The molecular weight excluding hydrogens is 520 g/mol. The zero-order valence-electron chi connectivity index (χ0n) is 26.6. The highest BCUT2D eigenvalue weighted by Crippen LogP contribution is 2.51. The van der Waals surface area contributed by atoms with Gasteiger partial charge in [-0.3, -0.25) is 4.90 Å². The third-order valence-corrected chi connectivity index (χ3v) is 9.97. The average molecular weight is 577 g/mol. The average Bonchev–Trinajstić information content (AvgIpc) is 3.66. The number of ether oxygens (including phenoxy) is 3. The van der Waals surface area contributed by atoms with Crippen molar-refractivity contribution < 1.29 is 23.8 Å². The molecule has 0 aliphatic carbocycles. The monoisotopic (exact) mass is 576 g/mol. The van der Waals surface area contributed by atoms with Crippen molar-refractivity contribution >= 4 is 12.2 Å². The number of hydrogen-bond acceptors (Lipinski definition) is 7. The van der Waals surface area contributed by atoms with Gasteiger partial charge in [-0.1, -0.05) is 0 Å². The van der Waals surface area contributed by atoms with E-state index >= 15 is 0 Å². The van der Waals surface area contributed by atoms with Crippen LogP contribution < -0.4 is 5.32 Å². The summed E-state index contributed by atoms with van der Waals surface area (Å²) in [6.45, 7) is 15.8. The molecule has 9 nitrogen and oxygen atoms in total. The Morgan fingerprint density at radius 1 is 0.805 bits per heavy atom. The van der Waals surface area contributed by atoms with Gasteiger partial charge >= 0.3 is 12.2 Å². The first-order valence-corrected chi connectivity index (χ1v) is 16.5. The molecular formula is C32H56N4O5. The van der Waals surface area contributed by atoms with E-state index in [1.54, 1.807) is 0 Å². The van der Waals surface area contributed by atoms with E-state index < -0.39 is 16.7 Å². The van der Waals surface area contributed by atoms with Crippen LogP contribution >= 0.6 is 0 Å². The molecule has 5 aliphatic rings. The minimum Gasteiger partial charge on any atom is -0.444 e. The second kappa shape index (κ2) is 12.2. The van der Waals surface area contributed by atoms with Crippen molar-refractivity contribution in [3.63, 3.8) is 0 Å². The van der Waals surface area contributed by atoms with E-state index in [0.717, 1.165) is 58.0 Å². The van der Waals surface area contributed by atoms with Crippen LogP contribution in [0.25, 0.3) is 0 Å². The van der Waals surface area contributed by atoms with Gasteiger partial charge < -0.3 is 29.3 Å². The van der Waals surface area contributed by atoms with Crippen molar-refractivity contribution in [1.82, 2.24) is 20.0 Å². The number of piperidine rings is 2. The van der Waals surface area contributed by atoms with Gasteiger partial charge in [0.05, 0.1) is 23.9 Å². The Bertz CT molecular complexity index is 926. The number of hydrogen-bond donors (Lipinski definition) is 1. The van der Waals surface area contributed by atoms with Crippen LogP contribution in [0, 0.1) is 5.92 Å². The predicted octanol–water partition coefficient (Wildman–Crippen LogP) is 5.51. The van der Waals surface area contributed by atoms with Gasteiger partial charge in [0.25, 0.3) is 0 Å². The van der Waals surface area contributed by atoms with Gasteiger partial charge in [-0.15, -0.1) is 0 Å². The maximum Gasteiger partial charge on any atom is 0.410 e. The lowest BCUT2D eigenvalue weighted by molar-refractivity contribution is -0.0839. The van der Waals surface area contributed by atoms with Crippen LogP contribution in [0.5, 0.6) is 0 Å². The van der Waals surface area contributed by atoms with Crippen molar-refractivity contribution in [2.45, 2.75) is 153 Å². The molecule has 6 atom stereocenters. The molecule has 0 bridgehead atoms. The molecule has 9 heteroatoms. The lowest BCUT2D eigenvalue weighted by Gasteiger charge is -2.55. The van der Waals surface area contributed by atoms with Crippen LogP contribution in [0.1, 0.15) is 112 Å². The summed E-state index contributed by atoms with van der Waals surface area (Å²) in [6, 6.07) is 0.188. The van der Waals surface area contributed by atoms with Crippen LogP contribution in [-0.4, -0.2) is 101 Å². The summed E-state index contributed by atoms with van der Waals surface area (Å²) in [7, 11) is 0. The fourth-order valence-electron chi connectivity index (χ4n) is 8.61. The van der Waals surface area contributed by atoms with E-state index in [0.29, 0.717) is 31.9 Å². The van der Waals surface area contributed by atoms with Gasteiger partial charge in [-0.2, -0.15) is 0 Å². The van der Waals surface area contributed by atoms with Crippen LogP contribution in [0.2, 0.25) is 0 Å². The van der Waals surface area contributed by atoms with Gasteiger partial charge in [-0.25, -0.2) is 9.59 Å². The molecule has 5 rings (SSSR count). The van der Waals surface area contributed by atoms with Crippen molar-refractivity contribution in [3.05, 3.63) is 0 Å². The quantitative estimate of drug-likeness (QED) is 0.472. The fourth-order valence-corrected chi connectivity index (χ4v) is 8.61. The molecule has 234 valence electrons. The van der Waals surface area contributed by atoms with E-state index in [9.17, 15) is 9.59 Å². The smallest absolute Gasteiger partial charge is 0.410 e. The number of amides is 2. The van der Waals surface area contributed by atoms with E-state index in [1.807, 2.05) is 51.3 Å². The highest BCUT2D eigenvalue weighted by Gasteiger charge is 2.62. The Balaban J connectivity index is 1.53. The first kappa shape index (κ1) is 30.9. The molecule has 0 saturated carbocycles. The first-order chi connectivity index (χ1) is 19.4. The molecule has 0 radical (unpaired) electrons. The number of carbonyl (C=O) groups is 2. The molecule has 5 fully saturated rings. The highest BCUT2D eigenvalue weighted by atomic mass is 16.6. The van der Waals surface area contributed by atoms with Crippen molar-refractivity contribution in [2.24, 2.45) is 5.92 Å². The Morgan fingerprint density at radius 3 is 2.24 bits per heavy atom.